The molecular formula is C28H33N5O6. The predicted molar refractivity (Wildman–Crippen MR) is 143 cm³/mol. The Morgan fingerprint density at radius 3 is 2.46 bits per heavy atom. The van der Waals surface area contributed by atoms with Crippen LogP contribution in [-0.4, -0.2) is 58.7 Å². The number of fused-ring (bicyclic) bond motifs is 2. The highest BCUT2D eigenvalue weighted by atomic mass is 16.6. The Kier molecular flexibility index (Phi) is 8.38. The summed E-state index contributed by atoms with van der Waals surface area (Å²) >= 11 is 0. The quantitative estimate of drug-likeness (QED) is 0.358. The van der Waals surface area contributed by atoms with Crippen molar-refractivity contribution >= 4 is 34.9 Å². The maximum Gasteiger partial charge on any atom is 0.426 e. The van der Waals surface area contributed by atoms with Crippen molar-refractivity contribution in [2.24, 2.45) is 0 Å². The first-order valence-electron chi connectivity index (χ1n) is 12.7. The average molecular weight is 536 g/mol. The minimum absolute atomic E-state index is 0.126. The molecule has 2 heterocycles. The zero-order valence-corrected chi connectivity index (χ0v) is 22.2. The van der Waals surface area contributed by atoms with E-state index in [0.29, 0.717) is 13.1 Å². The lowest BCUT2D eigenvalue weighted by Crippen LogP contribution is -2.54. The summed E-state index contributed by atoms with van der Waals surface area (Å²) in [4.78, 5) is 54.9. The minimum Gasteiger partial charge on any atom is -0.444 e. The Morgan fingerprint density at radius 2 is 1.69 bits per heavy atom. The fraction of sp³-hybridized carbons (Fsp3) is 0.357. The molecule has 2 aromatic carbocycles. The van der Waals surface area contributed by atoms with Gasteiger partial charge in [-0.2, -0.15) is 0 Å². The van der Waals surface area contributed by atoms with Crippen LogP contribution in [0.5, 0.6) is 0 Å². The summed E-state index contributed by atoms with van der Waals surface area (Å²) in [5.74, 6) is -1.03. The maximum absolute atomic E-state index is 13.0. The molecule has 206 valence electrons. The number of amides is 4. The molecule has 3 aromatic rings. The number of alkyl carbamates (subject to hydrolysis) is 1. The summed E-state index contributed by atoms with van der Waals surface area (Å²) in [7, 11) is 0. The van der Waals surface area contributed by atoms with Crippen LogP contribution < -0.4 is 16.2 Å². The van der Waals surface area contributed by atoms with Crippen molar-refractivity contribution in [3.8, 4) is 0 Å². The van der Waals surface area contributed by atoms with Crippen molar-refractivity contribution in [2.75, 3.05) is 13.2 Å². The highest BCUT2D eigenvalue weighted by Gasteiger charge is 2.27. The highest BCUT2D eigenvalue weighted by Crippen LogP contribution is 2.20. The van der Waals surface area contributed by atoms with Crippen molar-refractivity contribution in [3.05, 3.63) is 71.4 Å². The number of H-pyrrole nitrogens is 1. The van der Waals surface area contributed by atoms with E-state index >= 15 is 0 Å². The van der Waals surface area contributed by atoms with Gasteiger partial charge in [0.05, 0.1) is 0 Å². The van der Waals surface area contributed by atoms with E-state index < -0.39 is 36.3 Å². The summed E-state index contributed by atoms with van der Waals surface area (Å²) in [6.45, 7) is 5.64. The Morgan fingerprint density at radius 1 is 0.974 bits per heavy atom. The van der Waals surface area contributed by atoms with Gasteiger partial charge in [-0.15, -0.1) is 0 Å². The van der Waals surface area contributed by atoms with Crippen LogP contribution in [0.2, 0.25) is 0 Å². The Balaban J connectivity index is 1.31. The molecule has 0 saturated heterocycles. The van der Waals surface area contributed by atoms with E-state index in [1.54, 1.807) is 31.9 Å². The molecule has 11 nitrogen and oxygen atoms in total. The van der Waals surface area contributed by atoms with Gasteiger partial charge < -0.3 is 24.7 Å². The Bertz CT molecular complexity index is 1360. The molecule has 1 aromatic heterocycles. The van der Waals surface area contributed by atoms with Gasteiger partial charge in [0.1, 0.15) is 11.6 Å². The number of aromatic amines is 1. The molecular weight excluding hydrogens is 502 g/mol. The van der Waals surface area contributed by atoms with Gasteiger partial charge in [-0.1, -0.05) is 42.5 Å². The third kappa shape index (κ3) is 7.50. The molecule has 39 heavy (non-hydrogen) atoms. The smallest absolute Gasteiger partial charge is 0.426 e. The van der Waals surface area contributed by atoms with E-state index in [2.05, 4.69) is 21.2 Å². The lowest BCUT2D eigenvalue weighted by atomic mass is 10.00. The molecule has 4 amide bonds. The molecule has 0 bridgehead atoms. The molecule has 0 unspecified atom stereocenters. The third-order valence-corrected chi connectivity index (χ3v) is 6.20. The van der Waals surface area contributed by atoms with Gasteiger partial charge >= 0.3 is 12.2 Å². The lowest BCUT2D eigenvalue weighted by Gasteiger charge is -2.28. The summed E-state index contributed by atoms with van der Waals surface area (Å²) in [6, 6.07) is 14.4. The number of nitrogens with zero attached hydrogens (tertiary/aromatic N) is 1. The molecule has 1 atom stereocenters. The average Bonchev–Trinajstić information content (AvgIpc) is 3.31. The number of hydrogen-bond donors (Lipinski definition) is 4. The number of benzene rings is 2. The van der Waals surface area contributed by atoms with E-state index in [-0.39, 0.29) is 12.3 Å². The van der Waals surface area contributed by atoms with Crippen LogP contribution in [0.15, 0.2) is 54.7 Å². The van der Waals surface area contributed by atoms with Gasteiger partial charge in [-0.25, -0.2) is 15.0 Å². The van der Waals surface area contributed by atoms with Crippen LogP contribution in [0.3, 0.4) is 0 Å². The van der Waals surface area contributed by atoms with Crippen LogP contribution in [0.1, 0.15) is 37.5 Å². The van der Waals surface area contributed by atoms with Gasteiger partial charge in [0.15, 0.2) is 6.61 Å². The van der Waals surface area contributed by atoms with Crippen molar-refractivity contribution in [1.82, 2.24) is 26.1 Å². The molecule has 0 spiro atoms. The normalized spacial score (nSPS) is 13.7. The largest absolute Gasteiger partial charge is 0.444 e. The number of carbonyl (C=O) groups excluding carboxylic acids is 4. The van der Waals surface area contributed by atoms with Crippen molar-refractivity contribution in [1.29, 1.82) is 0 Å². The van der Waals surface area contributed by atoms with E-state index in [0.717, 1.165) is 28.5 Å². The first-order chi connectivity index (χ1) is 18.6. The van der Waals surface area contributed by atoms with Crippen LogP contribution in [0.4, 0.5) is 9.59 Å². The van der Waals surface area contributed by atoms with E-state index in [1.807, 2.05) is 48.5 Å². The van der Waals surface area contributed by atoms with Crippen molar-refractivity contribution in [3.63, 3.8) is 0 Å². The summed E-state index contributed by atoms with van der Waals surface area (Å²) in [5, 5.41) is 3.46. The summed E-state index contributed by atoms with van der Waals surface area (Å²) < 4.78 is 10.3. The first kappa shape index (κ1) is 27.5. The Hall–Kier alpha value is -4.54. The SMILES string of the molecule is CC(C)(C)OC(=O)N[C@@H](Cc1c[nH]c2ccccc12)C(=O)NNC(=O)OCC(=O)N1CCc2ccccc2C1. The minimum atomic E-state index is -1.07. The van der Waals surface area contributed by atoms with E-state index in [1.165, 1.54) is 5.56 Å². The maximum atomic E-state index is 13.0. The van der Waals surface area contributed by atoms with Crippen molar-refractivity contribution < 1.29 is 28.7 Å². The zero-order chi connectivity index (χ0) is 28.0. The number of rotatable bonds is 6. The van der Waals surface area contributed by atoms with Crippen LogP contribution >= 0.6 is 0 Å². The monoisotopic (exact) mass is 535 g/mol. The summed E-state index contributed by atoms with van der Waals surface area (Å²) in [6.07, 6.45) is 0.831. The number of nitrogens with one attached hydrogen (secondary N) is 4. The fourth-order valence-electron chi connectivity index (χ4n) is 4.34. The fourth-order valence-corrected chi connectivity index (χ4v) is 4.34. The van der Waals surface area contributed by atoms with Gasteiger partial charge in [-0.3, -0.25) is 15.0 Å². The topological polar surface area (TPSA) is 142 Å². The molecule has 0 saturated carbocycles. The number of ether oxygens (including phenoxy) is 2. The van der Waals surface area contributed by atoms with Crippen LogP contribution in [0, 0.1) is 0 Å². The molecule has 1 aliphatic rings. The number of carbonyl (C=O) groups is 4. The number of hydrogen-bond acceptors (Lipinski definition) is 6. The number of para-hydroxylation sites is 1. The first-order valence-corrected chi connectivity index (χ1v) is 12.7. The second-order valence-corrected chi connectivity index (χ2v) is 10.3. The standard InChI is InChI=1S/C28H33N5O6/c1-28(2,3)39-26(36)30-23(14-20-15-29-22-11-7-6-10-21(20)22)25(35)31-32-27(37)38-17-24(34)33-13-12-18-8-4-5-9-19(18)16-33/h4-11,15,23,29H,12-14,16-17H2,1-3H3,(H,30,36)(H,31,35)(H,32,37)/t23-/m0/s1. The second kappa shape index (κ2) is 11.9. The number of hydrazine groups is 1. The summed E-state index contributed by atoms with van der Waals surface area (Å²) in [5.41, 5.74) is 7.57. The number of aromatic nitrogens is 1. The van der Waals surface area contributed by atoms with Gasteiger partial charge in [0.25, 0.3) is 11.8 Å². The lowest BCUT2D eigenvalue weighted by molar-refractivity contribution is -0.135. The van der Waals surface area contributed by atoms with Crippen LogP contribution in [-0.2, 0) is 38.4 Å². The van der Waals surface area contributed by atoms with E-state index in [4.69, 9.17) is 9.47 Å². The third-order valence-electron chi connectivity index (χ3n) is 6.20. The molecule has 0 radical (unpaired) electrons. The van der Waals surface area contributed by atoms with Gasteiger partial charge in [-0.05, 0) is 49.9 Å². The molecule has 4 N–H and O–H groups in total. The highest BCUT2D eigenvalue weighted by molar-refractivity contribution is 5.89. The molecule has 1 aliphatic heterocycles. The molecule has 4 rings (SSSR count). The molecule has 11 heteroatoms. The van der Waals surface area contributed by atoms with Gasteiger partial charge in [0, 0.05) is 36.6 Å². The van der Waals surface area contributed by atoms with Crippen LogP contribution in [0.25, 0.3) is 10.9 Å². The van der Waals surface area contributed by atoms with Gasteiger partial charge in [0.2, 0.25) is 0 Å². The van der Waals surface area contributed by atoms with E-state index in [9.17, 15) is 19.2 Å². The predicted octanol–water partition coefficient (Wildman–Crippen LogP) is 2.95. The molecule has 0 aliphatic carbocycles. The van der Waals surface area contributed by atoms with Crippen molar-refractivity contribution in [2.45, 2.75) is 51.8 Å². The second-order valence-electron chi connectivity index (χ2n) is 10.3. The molecule has 0 fully saturated rings. The zero-order valence-electron chi connectivity index (χ0n) is 22.2. The Labute approximate surface area is 226 Å².